The minimum Gasteiger partial charge on any atom is -0.346 e. The third kappa shape index (κ3) is 3.58. The minimum absolute atomic E-state index is 0.00979. The van der Waals surface area contributed by atoms with Crippen LogP contribution >= 0.6 is 0 Å². The monoisotopic (exact) mass is 305 g/mol. The molecule has 2 rings (SSSR count). The summed E-state index contributed by atoms with van der Waals surface area (Å²) >= 11 is 0. The molecule has 0 atom stereocenters. The van der Waals surface area contributed by atoms with Crippen LogP contribution in [0.3, 0.4) is 0 Å². The van der Waals surface area contributed by atoms with Crippen molar-refractivity contribution in [3.05, 3.63) is 23.5 Å². The Balaban J connectivity index is 2.12. The van der Waals surface area contributed by atoms with Gasteiger partial charge in [0.15, 0.2) is 5.78 Å². The minimum atomic E-state index is -0.00979. The lowest BCUT2D eigenvalue weighted by atomic mass is 10.1. The van der Waals surface area contributed by atoms with Crippen molar-refractivity contribution in [2.24, 2.45) is 7.05 Å². The van der Waals surface area contributed by atoms with E-state index in [2.05, 4.69) is 25.7 Å². The van der Waals surface area contributed by atoms with Crippen LogP contribution in [0.4, 0.5) is 0 Å². The highest BCUT2D eigenvalue weighted by Crippen LogP contribution is 2.18. The van der Waals surface area contributed by atoms with Gasteiger partial charge < -0.3 is 9.47 Å². The van der Waals surface area contributed by atoms with Crippen LogP contribution in [0.15, 0.2) is 12.3 Å². The van der Waals surface area contributed by atoms with Gasteiger partial charge in [-0.1, -0.05) is 0 Å². The highest BCUT2D eigenvalue weighted by atomic mass is 16.2. The fourth-order valence-electron chi connectivity index (χ4n) is 2.92. The zero-order chi connectivity index (χ0) is 16.5. The summed E-state index contributed by atoms with van der Waals surface area (Å²) in [5, 5.41) is 0. The van der Waals surface area contributed by atoms with E-state index in [1.165, 1.54) is 6.92 Å². The number of aromatic nitrogens is 1. The Morgan fingerprint density at radius 2 is 1.77 bits per heavy atom. The van der Waals surface area contributed by atoms with E-state index in [1.807, 2.05) is 11.9 Å². The number of hydrogen-bond acceptors (Lipinski definition) is 3. The average Bonchev–Trinajstić information content (AvgIpc) is 2.65. The summed E-state index contributed by atoms with van der Waals surface area (Å²) in [6.07, 6.45) is 2.71. The highest BCUT2D eigenvalue weighted by molar-refractivity contribution is 5.99. The molecule has 1 aliphatic rings. The van der Waals surface area contributed by atoms with Crippen LogP contribution in [0, 0.1) is 0 Å². The van der Waals surface area contributed by atoms with E-state index in [9.17, 15) is 9.59 Å². The second kappa shape index (κ2) is 6.24. The van der Waals surface area contributed by atoms with Crippen molar-refractivity contribution in [3.63, 3.8) is 0 Å². The van der Waals surface area contributed by atoms with Gasteiger partial charge in [0, 0.05) is 50.5 Å². The largest absolute Gasteiger partial charge is 0.346 e. The summed E-state index contributed by atoms with van der Waals surface area (Å²) in [4.78, 5) is 28.5. The van der Waals surface area contributed by atoms with Gasteiger partial charge in [0.1, 0.15) is 5.69 Å². The van der Waals surface area contributed by atoms with Crippen LogP contribution in [-0.2, 0) is 7.05 Å². The topological polar surface area (TPSA) is 45.6 Å². The number of carbonyl (C=O) groups excluding carboxylic acids is 2. The van der Waals surface area contributed by atoms with Crippen LogP contribution in [0.25, 0.3) is 0 Å². The zero-order valence-corrected chi connectivity index (χ0v) is 14.3. The van der Waals surface area contributed by atoms with E-state index in [4.69, 9.17) is 0 Å². The van der Waals surface area contributed by atoms with Crippen molar-refractivity contribution in [2.45, 2.75) is 39.7 Å². The first-order valence-corrected chi connectivity index (χ1v) is 7.92. The van der Waals surface area contributed by atoms with Crippen LogP contribution in [-0.4, -0.2) is 57.8 Å². The number of ketones is 1. The standard InChI is InChI=1S/C17H27N3O2/c1-13(21)14-11-15(18(5)12-14)16(22)19-7-6-8-20(10-9-19)17(2,3)4/h11-12H,6-10H2,1-5H3. The Morgan fingerprint density at radius 1 is 1.09 bits per heavy atom. The van der Waals surface area contributed by atoms with Crippen molar-refractivity contribution >= 4 is 11.7 Å². The quantitative estimate of drug-likeness (QED) is 0.787. The molecule has 0 unspecified atom stereocenters. The summed E-state index contributed by atoms with van der Waals surface area (Å²) in [7, 11) is 1.82. The smallest absolute Gasteiger partial charge is 0.270 e. The summed E-state index contributed by atoms with van der Waals surface area (Å²) in [6, 6.07) is 1.71. The number of carbonyl (C=O) groups is 2. The van der Waals surface area contributed by atoms with Gasteiger partial charge in [-0.05, 0) is 40.2 Å². The lowest BCUT2D eigenvalue weighted by Crippen LogP contribution is -2.44. The fourth-order valence-corrected chi connectivity index (χ4v) is 2.92. The first-order valence-electron chi connectivity index (χ1n) is 7.92. The molecule has 2 heterocycles. The number of amides is 1. The summed E-state index contributed by atoms with van der Waals surface area (Å²) in [5.74, 6) is 0.00943. The Labute approximate surface area is 132 Å². The van der Waals surface area contributed by atoms with Crippen LogP contribution in [0.5, 0.6) is 0 Å². The van der Waals surface area contributed by atoms with Crippen molar-refractivity contribution in [2.75, 3.05) is 26.2 Å². The van der Waals surface area contributed by atoms with Crippen molar-refractivity contribution in [1.29, 1.82) is 0 Å². The maximum atomic E-state index is 12.7. The van der Waals surface area contributed by atoms with E-state index >= 15 is 0 Å². The molecule has 0 saturated carbocycles. The highest BCUT2D eigenvalue weighted by Gasteiger charge is 2.27. The predicted molar refractivity (Wildman–Crippen MR) is 87.3 cm³/mol. The molecule has 0 spiro atoms. The number of rotatable bonds is 2. The first-order chi connectivity index (χ1) is 10.2. The second-order valence-corrected chi connectivity index (χ2v) is 7.08. The molecule has 5 heteroatoms. The fraction of sp³-hybridized carbons (Fsp3) is 0.647. The SMILES string of the molecule is CC(=O)c1cc(C(=O)N2CCCN(C(C)(C)C)CC2)n(C)c1. The molecule has 0 radical (unpaired) electrons. The molecule has 122 valence electrons. The van der Waals surface area contributed by atoms with Crippen LogP contribution in [0.1, 0.15) is 55.0 Å². The van der Waals surface area contributed by atoms with Gasteiger partial charge >= 0.3 is 0 Å². The van der Waals surface area contributed by atoms with E-state index in [1.54, 1.807) is 16.8 Å². The molecule has 22 heavy (non-hydrogen) atoms. The number of nitrogens with zero attached hydrogens (tertiary/aromatic N) is 3. The molecule has 1 amide bonds. The Bertz CT molecular complexity index is 569. The Hall–Kier alpha value is -1.62. The molecule has 1 aliphatic heterocycles. The van der Waals surface area contributed by atoms with E-state index in [0.29, 0.717) is 11.3 Å². The first kappa shape index (κ1) is 16.7. The lowest BCUT2D eigenvalue weighted by molar-refractivity contribution is 0.0740. The molecule has 5 nitrogen and oxygen atoms in total. The molecule has 1 aromatic heterocycles. The molecule has 1 aromatic rings. The van der Waals surface area contributed by atoms with Crippen LogP contribution in [0.2, 0.25) is 0 Å². The van der Waals surface area contributed by atoms with Gasteiger partial charge in [-0.3, -0.25) is 14.5 Å². The normalized spacial score (nSPS) is 17.4. The average molecular weight is 305 g/mol. The Kier molecular flexibility index (Phi) is 4.75. The van der Waals surface area contributed by atoms with Gasteiger partial charge in [0.05, 0.1) is 0 Å². The predicted octanol–water partition coefficient (Wildman–Crippen LogP) is 2.17. The summed E-state index contributed by atoms with van der Waals surface area (Å²) in [6.45, 7) is 11.6. The maximum Gasteiger partial charge on any atom is 0.270 e. The van der Waals surface area contributed by atoms with Gasteiger partial charge in [0.2, 0.25) is 0 Å². The number of Topliss-reactive ketones (excluding diaryl/α,β-unsaturated/α-hetero) is 1. The summed E-state index contributed by atoms with van der Waals surface area (Å²) in [5.41, 5.74) is 1.32. The van der Waals surface area contributed by atoms with E-state index < -0.39 is 0 Å². The van der Waals surface area contributed by atoms with Gasteiger partial charge in [-0.15, -0.1) is 0 Å². The van der Waals surface area contributed by atoms with E-state index in [-0.39, 0.29) is 17.2 Å². The van der Waals surface area contributed by atoms with Crippen molar-refractivity contribution in [3.8, 4) is 0 Å². The molecule has 0 aliphatic carbocycles. The van der Waals surface area contributed by atoms with Crippen LogP contribution < -0.4 is 0 Å². The van der Waals surface area contributed by atoms with Gasteiger partial charge in [0.25, 0.3) is 5.91 Å². The summed E-state index contributed by atoms with van der Waals surface area (Å²) < 4.78 is 1.76. The van der Waals surface area contributed by atoms with E-state index in [0.717, 1.165) is 32.6 Å². The Morgan fingerprint density at radius 3 is 2.32 bits per heavy atom. The third-order valence-electron chi connectivity index (χ3n) is 4.36. The second-order valence-electron chi connectivity index (χ2n) is 7.08. The third-order valence-corrected chi connectivity index (χ3v) is 4.36. The van der Waals surface area contributed by atoms with Crippen molar-refractivity contribution < 1.29 is 9.59 Å². The lowest BCUT2D eigenvalue weighted by Gasteiger charge is -2.34. The molecule has 0 N–H and O–H groups in total. The molecule has 0 bridgehead atoms. The number of hydrogen-bond donors (Lipinski definition) is 0. The van der Waals surface area contributed by atoms with Crippen molar-refractivity contribution in [1.82, 2.24) is 14.4 Å². The maximum absolute atomic E-state index is 12.7. The molecular formula is C17H27N3O2. The van der Waals surface area contributed by atoms with Gasteiger partial charge in [-0.25, -0.2) is 0 Å². The molecule has 1 fully saturated rings. The molecule has 0 aromatic carbocycles. The zero-order valence-electron chi connectivity index (χ0n) is 14.3. The number of aryl methyl sites for hydroxylation is 1. The molecule has 1 saturated heterocycles. The molecular weight excluding hydrogens is 278 g/mol. The van der Waals surface area contributed by atoms with Gasteiger partial charge in [-0.2, -0.15) is 0 Å².